The summed E-state index contributed by atoms with van der Waals surface area (Å²) in [6, 6.07) is 8.66. The third kappa shape index (κ3) is 2.86. The van der Waals surface area contributed by atoms with E-state index in [0.29, 0.717) is 18.2 Å². The smallest absolute Gasteiger partial charge is 0.191 e. The third-order valence-corrected chi connectivity index (χ3v) is 5.12. The number of hydrogen-bond donors (Lipinski definition) is 2. The molecule has 1 aromatic carbocycles. The van der Waals surface area contributed by atoms with Crippen LogP contribution in [0.5, 0.6) is 0 Å². The first-order valence-corrected chi connectivity index (χ1v) is 8.79. The van der Waals surface area contributed by atoms with E-state index in [4.69, 9.17) is 4.74 Å². The molecule has 6 nitrogen and oxygen atoms in total. The van der Waals surface area contributed by atoms with Gasteiger partial charge in [-0.15, -0.1) is 0 Å². The average molecular weight is 327 g/mol. The molecular weight excluding hydrogens is 302 g/mol. The molecule has 2 aromatic rings. The molecule has 1 aromatic heterocycles. The minimum Gasteiger partial charge on any atom is -0.373 e. The molecule has 24 heavy (non-hydrogen) atoms. The summed E-state index contributed by atoms with van der Waals surface area (Å²) in [7, 11) is 1.82. The summed E-state index contributed by atoms with van der Waals surface area (Å²) in [5.41, 5.74) is 2.23. The van der Waals surface area contributed by atoms with Gasteiger partial charge in [0.1, 0.15) is 5.82 Å². The molecule has 2 aliphatic heterocycles. The van der Waals surface area contributed by atoms with Crippen molar-refractivity contribution in [2.75, 3.05) is 13.6 Å². The predicted molar refractivity (Wildman–Crippen MR) is 95.3 cm³/mol. The van der Waals surface area contributed by atoms with Gasteiger partial charge in [-0.1, -0.05) is 12.1 Å². The van der Waals surface area contributed by atoms with Crippen molar-refractivity contribution in [1.82, 2.24) is 20.2 Å². The summed E-state index contributed by atoms with van der Waals surface area (Å²) < 4.78 is 8.15. The second-order valence-electron chi connectivity index (χ2n) is 6.66. The number of nitrogens with one attached hydrogen (secondary N) is 2. The summed E-state index contributed by atoms with van der Waals surface area (Å²) in [5, 5.41) is 6.94. The summed E-state index contributed by atoms with van der Waals surface area (Å²) in [6.45, 7) is 3.72. The van der Waals surface area contributed by atoms with Gasteiger partial charge in [-0.2, -0.15) is 0 Å². The lowest BCUT2D eigenvalue weighted by Gasteiger charge is -2.22. The highest BCUT2D eigenvalue weighted by molar-refractivity contribution is 5.80. The van der Waals surface area contributed by atoms with Gasteiger partial charge in [-0.25, -0.2) is 4.98 Å². The van der Waals surface area contributed by atoms with Crippen LogP contribution in [0.4, 0.5) is 0 Å². The molecule has 0 amide bonds. The third-order valence-electron chi connectivity index (χ3n) is 5.12. The molecule has 2 saturated heterocycles. The lowest BCUT2D eigenvalue weighted by atomic mass is 9.96. The molecule has 2 bridgehead atoms. The molecule has 0 spiro atoms. The van der Waals surface area contributed by atoms with Crippen LogP contribution in [0.2, 0.25) is 0 Å². The number of benzene rings is 1. The number of aliphatic imine (C=N–C) groups is 1. The Labute approximate surface area is 142 Å². The normalized spacial score (nSPS) is 26.2. The Bertz CT molecular complexity index is 753. The Morgan fingerprint density at radius 1 is 1.38 bits per heavy atom. The number of rotatable bonds is 4. The van der Waals surface area contributed by atoms with E-state index < -0.39 is 0 Å². The Balaban J connectivity index is 1.34. The summed E-state index contributed by atoms with van der Waals surface area (Å²) >= 11 is 0. The standard InChI is InChI=1S/C18H25N5O/c1-12-21-14-5-3-4-6-16(14)23(12)10-9-20-18(19-2)22-15-11-13-7-8-17(15)24-13/h3-6,13,15,17H,7-11H2,1-2H3,(H2,19,20,22). The van der Waals surface area contributed by atoms with Crippen LogP contribution >= 0.6 is 0 Å². The number of imidazole rings is 1. The molecule has 2 fully saturated rings. The average Bonchev–Trinajstić information content (AvgIpc) is 3.28. The maximum absolute atomic E-state index is 5.90. The molecule has 6 heteroatoms. The molecule has 4 rings (SSSR count). The molecule has 0 radical (unpaired) electrons. The maximum atomic E-state index is 5.90. The topological polar surface area (TPSA) is 63.5 Å². The fourth-order valence-corrected chi connectivity index (χ4v) is 3.92. The van der Waals surface area contributed by atoms with Gasteiger partial charge in [0.25, 0.3) is 0 Å². The van der Waals surface area contributed by atoms with Crippen molar-refractivity contribution in [2.45, 2.75) is 51.0 Å². The van der Waals surface area contributed by atoms with Crippen molar-refractivity contribution >= 4 is 17.0 Å². The number of fused-ring (bicyclic) bond motifs is 3. The van der Waals surface area contributed by atoms with E-state index in [1.807, 2.05) is 13.1 Å². The summed E-state index contributed by atoms with van der Waals surface area (Å²) in [4.78, 5) is 8.97. The molecule has 2 aliphatic rings. The van der Waals surface area contributed by atoms with Crippen LogP contribution in [0.1, 0.15) is 25.1 Å². The first kappa shape index (κ1) is 15.4. The van der Waals surface area contributed by atoms with Crippen LogP contribution in [0, 0.1) is 6.92 Å². The van der Waals surface area contributed by atoms with Crippen LogP contribution in [-0.4, -0.2) is 47.4 Å². The van der Waals surface area contributed by atoms with Gasteiger partial charge in [0.2, 0.25) is 0 Å². The van der Waals surface area contributed by atoms with Crippen LogP contribution in [0.25, 0.3) is 11.0 Å². The molecule has 3 atom stereocenters. The number of guanidine groups is 1. The lowest BCUT2D eigenvalue weighted by molar-refractivity contribution is 0.0992. The van der Waals surface area contributed by atoms with E-state index in [2.05, 4.69) is 50.3 Å². The van der Waals surface area contributed by atoms with E-state index in [1.54, 1.807) is 0 Å². The minimum absolute atomic E-state index is 0.355. The van der Waals surface area contributed by atoms with Crippen molar-refractivity contribution in [1.29, 1.82) is 0 Å². The predicted octanol–water partition coefficient (Wildman–Crippen LogP) is 1.83. The largest absolute Gasteiger partial charge is 0.373 e. The Kier molecular flexibility index (Phi) is 4.14. The molecular formula is C18H25N5O. The van der Waals surface area contributed by atoms with E-state index in [-0.39, 0.29) is 0 Å². The Morgan fingerprint density at radius 3 is 3.00 bits per heavy atom. The van der Waals surface area contributed by atoms with E-state index >= 15 is 0 Å². The van der Waals surface area contributed by atoms with Crippen molar-refractivity contribution in [3.63, 3.8) is 0 Å². The number of ether oxygens (including phenoxy) is 1. The SMILES string of the molecule is CN=C(NCCn1c(C)nc2ccccc21)NC1CC2CCC1O2. The zero-order valence-corrected chi connectivity index (χ0v) is 14.3. The van der Waals surface area contributed by atoms with E-state index in [9.17, 15) is 0 Å². The fourth-order valence-electron chi connectivity index (χ4n) is 3.92. The first-order chi connectivity index (χ1) is 11.7. The number of nitrogens with zero attached hydrogens (tertiary/aromatic N) is 3. The highest BCUT2D eigenvalue weighted by atomic mass is 16.5. The van der Waals surface area contributed by atoms with Gasteiger partial charge in [0, 0.05) is 20.1 Å². The molecule has 0 aliphatic carbocycles. The second-order valence-corrected chi connectivity index (χ2v) is 6.66. The van der Waals surface area contributed by atoms with Crippen molar-refractivity contribution in [3.8, 4) is 0 Å². The molecule has 0 saturated carbocycles. The fraction of sp³-hybridized carbons (Fsp3) is 0.556. The van der Waals surface area contributed by atoms with Crippen molar-refractivity contribution in [3.05, 3.63) is 30.1 Å². The van der Waals surface area contributed by atoms with Gasteiger partial charge >= 0.3 is 0 Å². The highest BCUT2D eigenvalue weighted by Gasteiger charge is 2.41. The maximum Gasteiger partial charge on any atom is 0.191 e. The quantitative estimate of drug-likeness (QED) is 0.664. The van der Waals surface area contributed by atoms with Gasteiger partial charge in [0.05, 0.1) is 29.3 Å². The number of aryl methyl sites for hydroxylation is 1. The number of aromatic nitrogens is 2. The summed E-state index contributed by atoms with van der Waals surface area (Å²) in [5.74, 6) is 1.90. The molecule has 3 heterocycles. The zero-order chi connectivity index (χ0) is 16.5. The van der Waals surface area contributed by atoms with Crippen LogP contribution in [0.15, 0.2) is 29.3 Å². The van der Waals surface area contributed by atoms with Gasteiger partial charge in [0.15, 0.2) is 5.96 Å². The zero-order valence-electron chi connectivity index (χ0n) is 14.3. The first-order valence-electron chi connectivity index (χ1n) is 8.79. The summed E-state index contributed by atoms with van der Waals surface area (Å²) in [6.07, 6.45) is 4.27. The molecule has 3 unspecified atom stereocenters. The van der Waals surface area contributed by atoms with Crippen LogP contribution in [-0.2, 0) is 11.3 Å². The number of para-hydroxylation sites is 2. The Morgan fingerprint density at radius 2 is 2.25 bits per heavy atom. The van der Waals surface area contributed by atoms with Crippen LogP contribution in [0.3, 0.4) is 0 Å². The number of hydrogen-bond acceptors (Lipinski definition) is 3. The van der Waals surface area contributed by atoms with Gasteiger partial charge in [-0.3, -0.25) is 4.99 Å². The van der Waals surface area contributed by atoms with Crippen molar-refractivity contribution < 1.29 is 4.74 Å². The Hall–Kier alpha value is -2.08. The van der Waals surface area contributed by atoms with Gasteiger partial charge in [-0.05, 0) is 38.3 Å². The second kappa shape index (κ2) is 6.43. The van der Waals surface area contributed by atoms with Crippen molar-refractivity contribution in [2.24, 2.45) is 4.99 Å². The van der Waals surface area contributed by atoms with E-state index in [0.717, 1.165) is 36.8 Å². The van der Waals surface area contributed by atoms with E-state index in [1.165, 1.54) is 18.4 Å². The molecule has 128 valence electrons. The minimum atomic E-state index is 0.355. The highest BCUT2D eigenvalue weighted by Crippen LogP contribution is 2.34. The lowest BCUT2D eigenvalue weighted by Crippen LogP contribution is -2.48. The molecule has 2 N–H and O–H groups in total. The van der Waals surface area contributed by atoms with Gasteiger partial charge < -0.3 is 19.9 Å². The monoisotopic (exact) mass is 327 g/mol. The van der Waals surface area contributed by atoms with Crippen LogP contribution < -0.4 is 10.6 Å².